The van der Waals surface area contributed by atoms with Crippen molar-refractivity contribution in [1.29, 1.82) is 0 Å². The van der Waals surface area contributed by atoms with Crippen molar-refractivity contribution in [3.8, 4) is 0 Å². The van der Waals surface area contributed by atoms with Gasteiger partial charge in [-0.25, -0.2) is 5.54 Å². The predicted molar refractivity (Wildman–Crippen MR) is 85.5 cm³/mol. The Balaban J connectivity index is 1.63. The Morgan fingerprint density at radius 2 is 1.76 bits per heavy atom. The maximum atomic E-state index is 12.3. The first-order valence-corrected chi connectivity index (χ1v) is 7.27. The standard InChI is InChI=1S/C18H19FN2/c19-20-18-8-6-16(7-9-18)17-10-12-21(13-11-17)14-15-4-2-1-3-5-15/h1-10,20H,11-14H2. The lowest BCUT2D eigenvalue weighted by atomic mass is 9.99. The van der Waals surface area contributed by atoms with E-state index in [9.17, 15) is 4.48 Å². The molecular formula is C18H19FN2. The van der Waals surface area contributed by atoms with E-state index in [1.807, 2.05) is 18.2 Å². The largest absolute Gasteiger partial charge is 0.295 e. The number of halogens is 1. The molecule has 1 aliphatic rings. The van der Waals surface area contributed by atoms with E-state index in [4.69, 9.17) is 0 Å². The maximum Gasteiger partial charge on any atom is 0.0656 e. The summed E-state index contributed by atoms with van der Waals surface area (Å²) in [5, 5.41) is 0. The molecular weight excluding hydrogens is 263 g/mol. The van der Waals surface area contributed by atoms with Crippen molar-refractivity contribution < 1.29 is 4.48 Å². The highest BCUT2D eigenvalue weighted by Crippen LogP contribution is 2.24. The number of nitrogens with zero attached hydrogens (tertiary/aromatic N) is 1. The molecule has 0 aliphatic carbocycles. The summed E-state index contributed by atoms with van der Waals surface area (Å²) in [6, 6.07) is 18.0. The van der Waals surface area contributed by atoms with Crippen LogP contribution in [0.25, 0.3) is 5.57 Å². The summed E-state index contributed by atoms with van der Waals surface area (Å²) >= 11 is 0. The monoisotopic (exact) mass is 282 g/mol. The van der Waals surface area contributed by atoms with E-state index >= 15 is 0 Å². The summed E-state index contributed by atoms with van der Waals surface area (Å²) in [6.45, 7) is 3.02. The van der Waals surface area contributed by atoms with Crippen LogP contribution in [0.5, 0.6) is 0 Å². The van der Waals surface area contributed by atoms with Crippen LogP contribution in [-0.2, 0) is 6.54 Å². The third-order valence-electron chi connectivity index (χ3n) is 3.91. The lowest BCUT2D eigenvalue weighted by Gasteiger charge is -2.26. The molecule has 2 nitrogen and oxygen atoms in total. The van der Waals surface area contributed by atoms with E-state index in [1.165, 1.54) is 16.7 Å². The minimum Gasteiger partial charge on any atom is -0.295 e. The third kappa shape index (κ3) is 3.50. The Hall–Kier alpha value is -2.13. The lowest BCUT2D eigenvalue weighted by molar-refractivity contribution is 0.294. The number of benzene rings is 2. The first kappa shape index (κ1) is 13.8. The fourth-order valence-electron chi connectivity index (χ4n) is 2.71. The molecule has 1 N–H and O–H groups in total. The zero-order valence-corrected chi connectivity index (χ0v) is 11.9. The minimum atomic E-state index is 0.501. The molecule has 0 bridgehead atoms. The molecule has 0 saturated heterocycles. The normalized spacial score (nSPS) is 15.6. The Bertz CT molecular complexity index is 605. The summed E-state index contributed by atoms with van der Waals surface area (Å²) in [7, 11) is 0. The van der Waals surface area contributed by atoms with Crippen molar-refractivity contribution in [3.63, 3.8) is 0 Å². The van der Waals surface area contributed by atoms with Gasteiger partial charge in [-0.1, -0.05) is 48.5 Å². The van der Waals surface area contributed by atoms with E-state index in [0.717, 1.165) is 26.1 Å². The van der Waals surface area contributed by atoms with E-state index in [-0.39, 0.29) is 0 Å². The quantitative estimate of drug-likeness (QED) is 0.842. The molecule has 0 spiro atoms. The summed E-state index contributed by atoms with van der Waals surface area (Å²) in [5.74, 6) is 0. The van der Waals surface area contributed by atoms with Crippen LogP contribution in [0.3, 0.4) is 0 Å². The van der Waals surface area contributed by atoms with Gasteiger partial charge in [-0.05, 0) is 35.3 Å². The summed E-state index contributed by atoms with van der Waals surface area (Å²) in [5.41, 5.74) is 6.06. The molecule has 0 amide bonds. The van der Waals surface area contributed by atoms with Crippen LogP contribution in [-0.4, -0.2) is 18.0 Å². The van der Waals surface area contributed by atoms with Crippen LogP contribution in [0.4, 0.5) is 10.2 Å². The molecule has 0 saturated carbocycles. The topological polar surface area (TPSA) is 15.3 Å². The van der Waals surface area contributed by atoms with Gasteiger partial charge in [0.1, 0.15) is 0 Å². The maximum absolute atomic E-state index is 12.3. The van der Waals surface area contributed by atoms with Gasteiger partial charge in [0.2, 0.25) is 0 Å². The molecule has 2 aromatic rings. The van der Waals surface area contributed by atoms with Crippen molar-refractivity contribution in [2.45, 2.75) is 13.0 Å². The number of hydrogen-bond donors (Lipinski definition) is 1. The second-order valence-corrected chi connectivity index (χ2v) is 5.37. The van der Waals surface area contributed by atoms with Crippen molar-refractivity contribution >= 4 is 11.3 Å². The Labute approximate surface area is 124 Å². The highest BCUT2D eigenvalue weighted by atomic mass is 19.2. The smallest absolute Gasteiger partial charge is 0.0656 e. The number of nitrogens with one attached hydrogen (secondary N) is 1. The van der Waals surface area contributed by atoms with Crippen molar-refractivity contribution in [3.05, 3.63) is 71.8 Å². The summed E-state index contributed by atoms with van der Waals surface area (Å²) < 4.78 is 12.3. The first-order chi connectivity index (χ1) is 10.3. The highest BCUT2D eigenvalue weighted by Gasteiger charge is 2.13. The van der Waals surface area contributed by atoms with Gasteiger partial charge in [-0.2, -0.15) is 0 Å². The molecule has 0 unspecified atom stereocenters. The van der Waals surface area contributed by atoms with Crippen LogP contribution in [0.1, 0.15) is 17.5 Å². The second kappa shape index (κ2) is 6.55. The Morgan fingerprint density at radius 1 is 1.00 bits per heavy atom. The van der Waals surface area contributed by atoms with Crippen molar-refractivity contribution in [2.24, 2.45) is 0 Å². The van der Waals surface area contributed by atoms with Crippen LogP contribution in [0.15, 0.2) is 60.7 Å². The van der Waals surface area contributed by atoms with Gasteiger partial charge in [0.15, 0.2) is 0 Å². The Kier molecular flexibility index (Phi) is 4.31. The van der Waals surface area contributed by atoms with E-state index in [1.54, 1.807) is 17.7 Å². The molecule has 0 fully saturated rings. The average Bonchev–Trinajstić information content (AvgIpc) is 2.57. The van der Waals surface area contributed by atoms with Gasteiger partial charge >= 0.3 is 0 Å². The van der Waals surface area contributed by atoms with E-state index < -0.39 is 0 Å². The predicted octanol–water partition coefficient (Wildman–Crippen LogP) is 4.27. The van der Waals surface area contributed by atoms with Crippen molar-refractivity contribution in [2.75, 3.05) is 18.6 Å². The summed E-state index contributed by atoms with van der Waals surface area (Å²) in [6.07, 6.45) is 3.32. The van der Waals surface area contributed by atoms with Gasteiger partial charge in [0, 0.05) is 19.6 Å². The minimum absolute atomic E-state index is 0.501. The number of anilines is 1. The molecule has 0 radical (unpaired) electrons. The molecule has 1 aliphatic heterocycles. The first-order valence-electron chi connectivity index (χ1n) is 7.27. The van der Waals surface area contributed by atoms with Crippen LogP contribution >= 0.6 is 0 Å². The Morgan fingerprint density at radius 3 is 2.38 bits per heavy atom. The van der Waals surface area contributed by atoms with Crippen LogP contribution in [0, 0.1) is 0 Å². The van der Waals surface area contributed by atoms with Gasteiger partial charge in [0.05, 0.1) is 5.69 Å². The van der Waals surface area contributed by atoms with Gasteiger partial charge in [-0.3, -0.25) is 4.90 Å². The zero-order chi connectivity index (χ0) is 14.5. The molecule has 3 heteroatoms. The number of rotatable bonds is 4. The average molecular weight is 282 g/mol. The van der Waals surface area contributed by atoms with Crippen molar-refractivity contribution in [1.82, 2.24) is 4.90 Å². The fraction of sp³-hybridized carbons (Fsp3) is 0.222. The molecule has 21 heavy (non-hydrogen) atoms. The van der Waals surface area contributed by atoms with Crippen LogP contribution < -0.4 is 5.54 Å². The molecule has 3 rings (SSSR count). The number of hydrogen-bond acceptors (Lipinski definition) is 2. The molecule has 2 aromatic carbocycles. The van der Waals surface area contributed by atoms with Crippen LogP contribution in [0.2, 0.25) is 0 Å². The van der Waals surface area contributed by atoms with Gasteiger partial charge < -0.3 is 0 Å². The molecule has 108 valence electrons. The van der Waals surface area contributed by atoms with E-state index in [0.29, 0.717) is 5.69 Å². The molecule has 0 aromatic heterocycles. The molecule has 0 atom stereocenters. The van der Waals surface area contributed by atoms with Gasteiger partial charge in [-0.15, -0.1) is 4.48 Å². The highest BCUT2D eigenvalue weighted by molar-refractivity contribution is 5.68. The van der Waals surface area contributed by atoms with Gasteiger partial charge in [0.25, 0.3) is 0 Å². The molecule has 1 heterocycles. The van der Waals surface area contributed by atoms with E-state index in [2.05, 4.69) is 35.2 Å². The zero-order valence-electron chi connectivity index (χ0n) is 11.9. The fourth-order valence-corrected chi connectivity index (χ4v) is 2.71. The third-order valence-corrected chi connectivity index (χ3v) is 3.91. The SMILES string of the molecule is FNc1ccc(C2=CCN(Cc3ccccc3)CC2)cc1. The summed E-state index contributed by atoms with van der Waals surface area (Å²) in [4.78, 5) is 2.44. The lowest BCUT2D eigenvalue weighted by Crippen LogP contribution is -2.27. The second-order valence-electron chi connectivity index (χ2n) is 5.37.